The first-order valence-corrected chi connectivity index (χ1v) is 7.80. The van der Waals surface area contributed by atoms with E-state index in [0.717, 1.165) is 5.56 Å². The number of fused-ring (bicyclic) bond motifs is 1. The van der Waals surface area contributed by atoms with Crippen molar-refractivity contribution in [2.45, 2.75) is 6.92 Å². The van der Waals surface area contributed by atoms with Gasteiger partial charge in [-0.25, -0.2) is 0 Å². The molecule has 3 rings (SSSR count). The summed E-state index contributed by atoms with van der Waals surface area (Å²) >= 11 is 0. The van der Waals surface area contributed by atoms with Crippen LogP contribution in [0, 0.1) is 17.0 Å². The Bertz CT molecular complexity index is 915. The molecule has 1 heterocycles. The summed E-state index contributed by atoms with van der Waals surface area (Å²) in [6, 6.07) is 10.8. The number of nitro groups is 1. The summed E-state index contributed by atoms with van der Waals surface area (Å²) in [4.78, 5) is 10.3. The molecule has 1 aliphatic rings. The Morgan fingerprint density at radius 3 is 2.55 bits per heavy atom. The molecule has 1 aliphatic heterocycles. The standard InChI is InChI=1S/C15H11NO5S/c1-10-4-2-3-5-13(10)15-9-11-8-12(16(17)18)6-7-14(11)21-22(15,19)20/h2-9H,1H3. The van der Waals surface area contributed by atoms with E-state index in [9.17, 15) is 18.5 Å². The molecule has 0 fully saturated rings. The fourth-order valence-corrected chi connectivity index (χ4v) is 3.52. The second-order valence-electron chi connectivity index (χ2n) is 4.84. The van der Waals surface area contributed by atoms with E-state index in [0.29, 0.717) is 11.1 Å². The Balaban J connectivity index is 2.23. The first kappa shape index (κ1) is 14.3. The Kier molecular flexibility index (Phi) is 3.22. The van der Waals surface area contributed by atoms with Crippen LogP contribution in [-0.2, 0) is 10.1 Å². The fourth-order valence-electron chi connectivity index (χ4n) is 2.28. The number of nitro benzene ring substituents is 1. The van der Waals surface area contributed by atoms with Gasteiger partial charge in [-0.15, -0.1) is 0 Å². The molecule has 0 aliphatic carbocycles. The highest BCUT2D eigenvalue weighted by Crippen LogP contribution is 2.38. The maximum absolute atomic E-state index is 12.3. The van der Waals surface area contributed by atoms with Gasteiger partial charge in [-0.3, -0.25) is 10.1 Å². The molecule has 6 nitrogen and oxygen atoms in total. The zero-order chi connectivity index (χ0) is 15.9. The first-order valence-electron chi connectivity index (χ1n) is 6.39. The van der Waals surface area contributed by atoms with Crippen molar-refractivity contribution in [3.63, 3.8) is 0 Å². The second kappa shape index (κ2) is 4.96. The quantitative estimate of drug-likeness (QED) is 0.482. The highest BCUT2D eigenvalue weighted by molar-refractivity contribution is 7.97. The molecule has 0 radical (unpaired) electrons. The molecule has 0 saturated carbocycles. The van der Waals surface area contributed by atoms with Crippen LogP contribution in [0.4, 0.5) is 5.69 Å². The lowest BCUT2D eigenvalue weighted by Crippen LogP contribution is -2.16. The number of benzene rings is 2. The molecule has 0 spiro atoms. The molecular formula is C15H11NO5S. The van der Waals surface area contributed by atoms with Crippen molar-refractivity contribution in [1.82, 2.24) is 0 Å². The summed E-state index contributed by atoms with van der Waals surface area (Å²) in [5.74, 6) is 0.0861. The highest BCUT2D eigenvalue weighted by Gasteiger charge is 2.29. The zero-order valence-electron chi connectivity index (χ0n) is 11.5. The highest BCUT2D eigenvalue weighted by atomic mass is 32.2. The van der Waals surface area contributed by atoms with Crippen molar-refractivity contribution in [3.8, 4) is 5.75 Å². The topological polar surface area (TPSA) is 86.5 Å². The van der Waals surface area contributed by atoms with Gasteiger partial charge >= 0.3 is 10.1 Å². The van der Waals surface area contributed by atoms with Crippen LogP contribution in [0.1, 0.15) is 16.7 Å². The van der Waals surface area contributed by atoms with Crippen LogP contribution < -0.4 is 4.18 Å². The van der Waals surface area contributed by atoms with Gasteiger partial charge in [-0.2, -0.15) is 8.42 Å². The number of aryl methyl sites for hydroxylation is 1. The lowest BCUT2D eigenvalue weighted by Gasteiger charge is -2.18. The van der Waals surface area contributed by atoms with Crippen LogP contribution >= 0.6 is 0 Å². The number of hydrogen-bond donors (Lipinski definition) is 0. The number of non-ortho nitro benzene ring substituents is 1. The van der Waals surface area contributed by atoms with Gasteiger partial charge in [0.05, 0.1) is 4.92 Å². The molecule has 7 heteroatoms. The normalized spacial score (nSPS) is 15.4. The average molecular weight is 317 g/mol. The third-order valence-electron chi connectivity index (χ3n) is 3.37. The molecule has 22 heavy (non-hydrogen) atoms. The van der Waals surface area contributed by atoms with Crippen molar-refractivity contribution < 1.29 is 17.5 Å². The van der Waals surface area contributed by atoms with Gasteiger partial charge in [0.1, 0.15) is 4.91 Å². The lowest BCUT2D eigenvalue weighted by molar-refractivity contribution is -0.384. The van der Waals surface area contributed by atoms with Crippen LogP contribution in [0.25, 0.3) is 11.0 Å². The number of nitrogens with zero attached hydrogens (tertiary/aromatic N) is 1. The van der Waals surface area contributed by atoms with E-state index in [1.807, 2.05) is 0 Å². The lowest BCUT2D eigenvalue weighted by atomic mass is 10.1. The maximum atomic E-state index is 12.3. The zero-order valence-corrected chi connectivity index (χ0v) is 12.3. The summed E-state index contributed by atoms with van der Waals surface area (Å²) in [6.07, 6.45) is 1.41. The van der Waals surface area contributed by atoms with Crippen LogP contribution in [0.2, 0.25) is 0 Å². The smallest absolute Gasteiger partial charge is 0.339 e. The van der Waals surface area contributed by atoms with Gasteiger partial charge in [0.25, 0.3) is 5.69 Å². The van der Waals surface area contributed by atoms with E-state index >= 15 is 0 Å². The molecule has 0 amide bonds. The number of rotatable bonds is 2. The molecule has 0 unspecified atom stereocenters. The maximum Gasteiger partial charge on any atom is 0.339 e. The van der Waals surface area contributed by atoms with Gasteiger partial charge in [0.2, 0.25) is 0 Å². The average Bonchev–Trinajstić information content (AvgIpc) is 2.46. The van der Waals surface area contributed by atoms with Crippen LogP contribution in [0.3, 0.4) is 0 Å². The molecule has 0 N–H and O–H groups in total. The van der Waals surface area contributed by atoms with Gasteiger partial charge < -0.3 is 4.18 Å². The molecule has 0 saturated heterocycles. The van der Waals surface area contributed by atoms with Gasteiger partial charge in [-0.05, 0) is 30.2 Å². The van der Waals surface area contributed by atoms with Crippen molar-refractivity contribution in [2.75, 3.05) is 0 Å². The molecule has 0 atom stereocenters. The predicted molar refractivity (Wildman–Crippen MR) is 81.7 cm³/mol. The summed E-state index contributed by atoms with van der Waals surface area (Å²) in [5.41, 5.74) is 1.53. The monoisotopic (exact) mass is 317 g/mol. The van der Waals surface area contributed by atoms with E-state index in [1.165, 1.54) is 24.3 Å². The van der Waals surface area contributed by atoms with Crippen LogP contribution in [-0.4, -0.2) is 13.3 Å². The summed E-state index contributed by atoms with van der Waals surface area (Å²) in [5, 5.41) is 10.8. The van der Waals surface area contributed by atoms with E-state index in [2.05, 4.69) is 0 Å². The first-order chi connectivity index (χ1) is 10.4. The molecule has 0 aromatic heterocycles. The second-order valence-corrected chi connectivity index (χ2v) is 6.35. The van der Waals surface area contributed by atoms with Gasteiger partial charge in [0, 0.05) is 17.7 Å². The van der Waals surface area contributed by atoms with E-state index in [1.54, 1.807) is 31.2 Å². The van der Waals surface area contributed by atoms with Crippen molar-refractivity contribution in [1.29, 1.82) is 0 Å². The van der Waals surface area contributed by atoms with Crippen molar-refractivity contribution >= 4 is 26.8 Å². The molecule has 0 bridgehead atoms. The van der Waals surface area contributed by atoms with Gasteiger partial charge in [0.15, 0.2) is 5.75 Å². The summed E-state index contributed by atoms with van der Waals surface area (Å²) < 4.78 is 29.6. The van der Waals surface area contributed by atoms with Crippen molar-refractivity contribution in [2.24, 2.45) is 0 Å². The predicted octanol–water partition coefficient (Wildman–Crippen LogP) is 3.12. The third-order valence-corrected chi connectivity index (χ3v) is 4.65. The summed E-state index contributed by atoms with van der Waals surface area (Å²) in [6.45, 7) is 1.79. The Morgan fingerprint density at radius 2 is 1.86 bits per heavy atom. The molecule has 112 valence electrons. The SMILES string of the molecule is Cc1ccccc1C1=Cc2cc([N+](=O)[O-])ccc2OS1(=O)=O. The third kappa shape index (κ3) is 2.35. The molecular weight excluding hydrogens is 306 g/mol. The Morgan fingerprint density at radius 1 is 1.14 bits per heavy atom. The molecule has 2 aromatic carbocycles. The van der Waals surface area contributed by atoms with E-state index in [-0.39, 0.29) is 16.3 Å². The number of hydrogen-bond acceptors (Lipinski definition) is 5. The van der Waals surface area contributed by atoms with E-state index in [4.69, 9.17) is 4.18 Å². The van der Waals surface area contributed by atoms with E-state index < -0.39 is 15.0 Å². The van der Waals surface area contributed by atoms with Crippen LogP contribution in [0.15, 0.2) is 42.5 Å². The largest absolute Gasteiger partial charge is 0.378 e. The fraction of sp³-hybridized carbons (Fsp3) is 0.0667. The van der Waals surface area contributed by atoms with Crippen LogP contribution in [0.5, 0.6) is 5.75 Å². The molecule has 2 aromatic rings. The minimum Gasteiger partial charge on any atom is -0.378 e. The van der Waals surface area contributed by atoms with Crippen molar-refractivity contribution in [3.05, 3.63) is 69.3 Å². The minimum atomic E-state index is -3.95. The van der Waals surface area contributed by atoms with Gasteiger partial charge in [-0.1, -0.05) is 24.3 Å². The minimum absolute atomic E-state index is 0.00130. The Labute approximate surface area is 126 Å². The Hall–Kier alpha value is -2.67. The summed E-state index contributed by atoms with van der Waals surface area (Å²) in [7, 11) is -3.95.